The summed E-state index contributed by atoms with van der Waals surface area (Å²) in [4.78, 5) is 0. The zero-order valence-corrected chi connectivity index (χ0v) is 8.83. The van der Waals surface area contributed by atoms with E-state index in [1.165, 1.54) is 0 Å². The number of hydrogen-bond acceptors (Lipinski definition) is 1. The monoisotopic (exact) mass is 308 g/mol. The molecule has 0 aliphatic heterocycles. The number of hydrogen-bond donors (Lipinski definition) is 1. The Balaban J connectivity index is 3.53. The number of halogens is 7. The van der Waals surface area contributed by atoms with Crippen LogP contribution in [0.5, 0.6) is 5.75 Å². The van der Waals surface area contributed by atoms with Crippen LogP contribution < -0.4 is 0 Å². The van der Waals surface area contributed by atoms with E-state index in [0.717, 1.165) is 0 Å². The van der Waals surface area contributed by atoms with Crippen LogP contribution in [0.2, 0.25) is 0 Å². The standard InChI is InChI=1S/C8H3BrF6O/c9-5-1-3(7(10,11)12)4(2-6(5)16)8(13,14)15/h1-2,16H. The predicted molar refractivity (Wildman–Crippen MR) is 45.8 cm³/mol. The Kier molecular flexibility index (Phi) is 3.15. The zero-order chi connectivity index (χ0) is 12.7. The summed E-state index contributed by atoms with van der Waals surface area (Å²) in [5, 5.41) is 8.94. The van der Waals surface area contributed by atoms with Crippen LogP contribution in [0.1, 0.15) is 11.1 Å². The fourth-order valence-electron chi connectivity index (χ4n) is 1.03. The summed E-state index contributed by atoms with van der Waals surface area (Å²) < 4.78 is 73.2. The SMILES string of the molecule is Oc1cc(C(F)(F)F)c(C(F)(F)F)cc1Br. The van der Waals surface area contributed by atoms with Crippen LogP contribution in [-0.2, 0) is 12.4 Å². The Morgan fingerprint density at radius 3 is 1.62 bits per heavy atom. The van der Waals surface area contributed by atoms with Gasteiger partial charge in [-0.2, -0.15) is 26.3 Å². The molecule has 1 aromatic carbocycles. The highest BCUT2D eigenvalue weighted by molar-refractivity contribution is 9.10. The van der Waals surface area contributed by atoms with Crippen molar-refractivity contribution in [2.45, 2.75) is 12.4 Å². The third-order valence-corrected chi connectivity index (χ3v) is 2.33. The lowest BCUT2D eigenvalue weighted by Gasteiger charge is -2.16. The first-order valence-corrected chi connectivity index (χ1v) is 4.49. The van der Waals surface area contributed by atoms with Crippen molar-refractivity contribution < 1.29 is 31.4 Å². The molecule has 1 aromatic rings. The molecule has 0 unspecified atom stereocenters. The molecule has 0 bridgehead atoms. The van der Waals surface area contributed by atoms with Gasteiger partial charge in [-0.3, -0.25) is 0 Å². The summed E-state index contributed by atoms with van der Waals surface area (Å²) >= 11 is 2.52. The number of benzene rings is 1. The van der Waals surface area contributed by atoms with E-state index in [2.05, 4.69) is 15.9 Å². The number of rotatable bonds is 0. The summed E-state index contributed by atoms with van der Waals surface area (Å²) in [7, 11) is 0. The van der Waals surface area contributed by atoms with E-state index in [0.29, 0.717) is 0 Å². The molecule has 0 radical (unpaired) electrons. The maximum atomic E-state index is 12.3. The van der Waals surface area contributed by atoms with E-state index in [4.69, 9.17) is 5.11 Å². The molecule has 8 heteroatoms. The smallest absolute Gasteiger partial charge is 0.417 e. The van der Waals surface area contributed by atoms with E-state index in [1.54, 1.807) is 0 Å². The molecule has 16 heavy (non-hydrogen) atoms. The second-order valence-corrected chi connectivity index (χ2v) is 3.70. The Morgan fingerprint density at radius 2 is 1.25 bits per heavy atom. The topological polar surface area (TPSA) is 20.2 Å². The largest absolute Gasteiger partial charge is 0.507 e. The van der Waals surface area contributed by atoms with Crippen LogP contribution in [0.3, 0.4) is 0 Å². The molecule has 0 heterocycles. The van der Waals surface area contributed by atoms with Gasteiger partial charge in [0.15, 0.2) is 0 Å². The van der Waals surface area contributed by atoms with Crippen molar-refractivity contribution in [1.29, 1.82) is 0 Å². The predicted octanol–water partition coefficient (Wildman–Crippen LogP) is 4.19. The summed E-state index contributed by atoms with van der Waals surface area (Å²) in [6.45, 7) is 0. The highest BCUT2D eigenvalue weighted by Gasteiger charge is 2.43. The molecule has 1 rings (SSSR count). The lowest BCUT2D eigenvalue weighted by atomic mass is 10.1. The normalized spacial score (nSPS) is 12.9. The second kappa shape index (κ2) is 3.83. The molecule has 0 amide bonds. The minimum Gasteiger partial charge on any atom is -0.507 e. The van der Waals surface area contributed by atoms with Gasteiger partial charge in [0.1, 0.15) is 5.75 Å². The van der Waals surface area contributed by atoms with Crippen LogP contribution in [0.15, 0.2) is 16.6 Å². The van der Waals surface area contributed by atoms with Crippen molar-refractivity contribution >= 4 is 15.9 Å². The molecule has 0 aliphatic rings. The third-order valence-electron chi connectivity index (χ3n) is 1.70. The van der Waals surface area contributed by atoms with Crippen LogP contribution in [-0.4, -0.2) is 5.11 Å². The van der Waals surface area contributed by atoms with Gasteiger partial charge in [-0.25, -0.2) is 0 Å². The van der Waals surface area contributed by atoms with E-state index in [9.17, 15) is 26.3 Å². The highest BCUT2D eigenvalue weighted by atomic mass is 79.9. The Bertz CT molecular complexity index is 369. The molecular weight excluding hydrogens is 306 g/mol. The van der Waals surface area contributed by atoms with Crippen molar-refractivity contribution in [2.75, 3.05) is 0 Å². The molecule has 1 nitrogen and oxygen atoms in total. The van der Waals surface area contributed by atoms with Gasteiger partial charge in [-0.05, 0) is 28.1 Å². The number of phenols is 1. The first kappa shape index (κ1) is 13.1. The quantitative estimate of drug-likeness (QED) is 0.712. The first-order chi connectivity index (χ1) is 7.03. The van der Waals surface area contributed by atoms with E-state index in [1.807, 2.05) is 0 Å². The van der Waals surface area contributed by atoms with E-state index in [-0.39, 0.29) is 12.1 Å². The van der Waals surface area contributed by atoms with Gasteiger partial charge in [-0.15, -0.1) is 0 Å². The molecule has 0 spiro atoms. The van der Waals surface area contributed by atoms with Crippen LogP contribution >= 0.6 is 15.9 Å². The highest BCUT2D eigenvalue weighted by Crippen LogP contribution is 2.43. The molecule has 1 N–H and O–H groups in total. The maximum Gasteiger partial charge on any atom is 0.417 e. The lowest BCUT2D eigenvalue weighted by Crippen LogP contribution is -2.16. The Labute approximate surface area is 93.8 Å². The average molecular weight is 309 g/mol. The molecule has 0 saturated carbocycles. The zero-order valence-electron chi connectivity index (χ0n) is 7.25. The third kappa shape index (κ3) is 2.60. The van der Waals surface area contributed by atoms with Crippen LogP contribution in [0, 0.1) is 0 Å². The van der Waals surface area contributed by atoms with Gasteiger partial charge in [0.2, 0.25) is 0 Å². The lowest BCUT2D eigenvalue weighted by molar-refractivity contribution is -0.162. The fourth-order valence-corrected chi connectivity index (χ4v) is 1.37. The maximum absolute atomic E-state index is 12.3. The molecular formula is C8H3BrF6O. The van der Waals surface area contributed by atoms with Crippen molar-refractivity contribution in [1.82, 2.24) is 0 Å². The van der Waals surface area contributed by atoms with Crippen molar-refractivity contribution in [3.05, 3.63) is 27.7 Å². The molecule has 90 valence electrons. The van der Waals surface area contributed by atoms with Crippen LogP contribution in [0.25, 0.3) is 0 Å². The minimum atomic E-state index is -5.18. The molecule has 0 saturated heterocycles. The van der Waals surface area contributed by atoms with Gasteiger partial charge in [-0.1, -0.05) is 0 Å². The van der Waals surface area contributed by atoms with Gasteiger partial charge < -0.3 is 5.11 Å². The molecule has 0 aromatic heterocycles. The van der Waals surface area contributed by atoms with E-state index >= 15 is 0 Å². The second-order valence-electron chi connectivity index (χ2n) is 2.84. The molecule has 0 fully saturated rings. The summed E-state index contributed by atoms with van der Waals surface area (Å²) in [5.74, 6) is -0.902. The average Bonchev–Trinajstić information content (AvgIpc) is 2.05. The van der Waals surface area contributed by atoms with E-state index < -0.39 is 33.7 Å². The van der Waals surface area contributed by atoms with Crippen molar-refractivity contribution in [2.24, 2.45) is 0 Å². The minimum absolute atomic E-state index is 0.0346. The summed E-state index contributed by atoms with van der Waals surface area (Å²) in [6, 6.07) is 0.227. The number of phenolic OH excluding ortho intramolecular Hbond substituents is 1. The molecule has 0 aliphatic carbocycles. The van der Waals surface area contributed by atoms with Gasteiger partial charge >= 0.3 is 12.4 Å². The molecule has 0 atom stereocenters. The van der Waals surface area contributed by atoms with Gasteiger partial charge in [0, 0.05) is 0 Å². The summed E-state index contributed by atoms with van der Waals surface area (Å²) in [6.07, 6.45) is -10.3. The van der Waals surface area contributed by atoms with Crippen LogP contribution in [0.4, 0.5) is 26.3 Å². The first-order valence-electron chi connectivity index (χ1n) is 3.70. The van der Waals surface area contributed by atoms with Crippen molar-refractivity contribution in [3.63, 3.8) is 0 Å². The fraction of sp³-hybridized carbons (Fsp3) is 0.250. The summed E-state index contributed by atoms with van der Waals surface area (Å²) in [5.41, 5.74) is -3.76. The number of alkyl halides is 6. The Hall–Kier alpha value is -0.920. The van der Waals surface area contributed by atoms with Gasteiger partial charge in [0.25, 0.3) is 0 Å². The van der Waals surface area contributed by atoms with Crippen molar-refractivity contribution in [3.8, 4) is 5.75 Å². The number of aromatic hydroxyl groups is 1. The van der Waals surface area contributed by atoms with Gasteiger partial charge in [0.05, 0.1) is 15.6 Å². The Morgan fingerprint density at radius 1 is 0.875 bits per heavy atom.